The van der Waals surface area contributed by atoms with Crippen molar-refractivity contribution in [3.8, 4) is 0 Å². The average molecular weight is 376 g/mol. The Hall–Kier alpha value is -2.54. The van der Waals surface area contributed by atoms with Crippen LogP contribution in [0.4, 0.5) is 10.6 Å². The molecule has 0 atom stereocenters. The van der Waals surface area contributed by atoms with Gasteiger partial charge in [-0.1, -0.05) is 18.2 Å². The number of rotatable bonds is 4. The van der Waals surface area contributed by atoms with Gasteiger partial charge in [-0.15, -0.1) is 11.6 Å². The third kappa shape index (κ3) is 3.67. The fourth-order valence-electron chi connectivity index (χ4n) is 2.82. The number of aromatic nitrogens is 3. The summed E-state index contributed by atoms with van der Waals surface area (Å²) in [5.41, 5.74) is 7.97. The molecule has 2 aromatic heterocycles. The first-order chi connectivity index (χ1) is 12.3. The molecule has 138 valence electrons. The Balaban J connectivity index is 1.93. The Labute approximate surface area is 156 Å². The number of para-hydroxylation sites is 1. The minimum Gasteiger partial charge on any atom is -0.448 e. The molecule has 7 nitrogen and oxygen atoms in total. The Morgan fingerprint density at radius 3 is 2.73 bits per heavy atom. The van der Waals surface area contributed by atoms with E-state index in [1.165, 1.54) is 0 Å². The van der Waals surface area contributed by atoms with Gasteiger partial charge >= 0.3 is 6.09 Å². The van der Waals surface area contributed by atoms with Crippen LogP contribution in [0.2, 0.25) is 0 Å². The van der Waals surface area contributed by atoms with E-state index in [0.717, 1.165) is 16.4 Å². The summed E-state index contributed by atoms with van der Waals surface area (Å²) in [4.78, 5) is 20.8. The van der Waals surface area contributed by atoms with Crippen LogP contribution >= 0.6 is 11.6 Å². The van der Waals surface area contributed by atoms with Crippen molar-refractivity contribution < 1.29 is 9.53 Å². The van der Waals surface area contributed by atoms with E-state index in [9.17, 15) is 4.79 Å². The fourth-order valence-corrected chi connectivity index (χ4v) is 3.02. The summed E-state index contributed by atoms with van der Waals surface area (Å²) in [5.74, 6) is 1.23. The molecule has 0 bridgehead atoms. The number of carbonyl (C=O) groups is 1. The van der Waals surface area contributed by atoms with Gasteiger partial charge in [-0.25, -0.2) is 14.8 Å². The highest BCUT2D eigenvalue weighted by atomic mass is 35.5. The van der Waals surface area contributed by atoms with Crippen molar-refractivity contribution in [2.24, 2.45) is 0 Å². The van der Waals surface area contributed by atoms with Crippen LogP contribution in [0.5, 0.6) is 0 Å². The van der Waals surface area contributed by atoms with Crippen LogP contribution in [0.25, 0.3) is 21.9 Å². The number of amides is 1. The molecule has 1 amide bonds. The van der Waals surface area contributed by atoms with Crippen LogP contribution in [-0.2, 0) is 17.2 Å². The first kappa shape index (κ1) is 18.3. The van der Waals surface area contributed by atoms with E-state index in [1.54, 1.807) is 0 Å². The molecule has 3 N–H and O–H groups in total. The number of alkyl carbamates (subject to hydrolysis) is 1. The number of nitrogen functional groups attached to an aromatic ring is 1. The highest BCUT2D eigenvalue weighted by Crippen LogP contribution is 2.29. The summed E-state index contributed by atoms with van der Waals surface area (Å²) in [6, 6.07) is 7.71. The number of nitrogens with two attached hydrogens (primary N) is 1. The van der Waals surface area contributed by atoms with Crippen molar-refractivity contribution in [2.45, 2.75) is 38.7 Å². The highest BCUT2D eigenvalue weighted by Gasteiger charge is 2.18. The predicted octanol–water partition coefficient (Wildman–Crippen LogP) is 3.43. The smallest absolute Gasteiger partial charge is 0.407 e. The number of ether oxygens (including phenoxy) is 1. The zero-order valence-corrected chi connectivity index (χ0v) is 15.8. The Bertz CT molecular complexity index is 962. The van der Waals surface area contributed by atoms with E-state index in [4.69, 9.17) is 22.1 Å². The van der Waals surface area contributed by atoms with E-state index < -0.39 is 6.09 Å². The maximum atomic E-state index is 11.9. The molecule has 0 unspecified atom stereocenters. The monoisotopic (exact) mass is 375 g/mol. The van der Waals surface area contributed by atoms with E-state index >= 15 is 0 Å². The Morgan fingerprint density at radius 1 is 1.31 bits per heavy atom. The molecule has 0 fully saturated rings. The largest absolute Gasteiger partial charge is 0.448 e. The second-order valence-electron chi connectivity index (χ2n) is 7.04. The molecule has 0 aliphatic carbocycles. The molecule has 1 aromatic carbocycles. The molecule has 8 heteroatoms. The predicted molar refractivity (Wildman–Crippen MR) is 103 cm³/mol. The molecule has 0 saturated carbocycles. The zero-order chi connectivity index (χ0) is 18.9. The normalized spacial score (nSPS) is 11.8. The first-order valence-corrected chi connectivity index (χ1v) is 8.88. The van der Waals surface area contributed by atoms with Gasteiger partial charge in [0.25, 0.3) is 0 Å². The number of alkyl halides is 1. The Kier molecular flexibility index (Phi) is 4.91. The number of carbonyl (C=O) groups excluding carboxylic acids is 1. The van der Waals surface area contributed by atoms with Gasteiger partial charge in [0.05, 0.1) is 23.5 Å². The van der Waals surface area contributed by atoms with Crippen LogP contribution in [0, 0.1) is 0 Å². The number of benzene rings is 1. The average Bonchev–Trinajstić information content (AvgIpc) is 2.93. The van der Waals surface area contributed by atoms with Gasteiger partial charge in [0.2, 0.25) is 0 Å². The van der Waals surface area contributed by atoms with Crippen molar-refractivity contribution >= 4 is 45.4 Å². The summed E-state index contributed by atoms with van der Waals surface area (Å²) in [7, 11) is 0. The Morgan fingerprint density at radius 2 is 2.04 bits per heavy atom. The summed E-state index contributed by atoms with van der Waals surface area (Å²) >= 11 is 6.07. The summed E-state index contributed by atoms with van der Waals surface area (Å²) in [5, 5.41) is 3.69. The first-order valence-electron chi connectivity index (χ1n) is 8.34. The lowest BCUT2D eigenvalue weighted by Crippen LogP contribution is -2.41. The third-order valence-electron chi connectivity index (χ3n) is 3.83. The minimum atomic E-state index is -0.458. The van der Waals surface area contributed by atoms with Crippen molar-refractivity contribution in [3.63, 3.8) is 0 Å². The van der Waals surface area contributed by atoms with Crippen LogP contribution < -0.4 is 11.1 Å². The fraction of sp³-hybridized carbons (Fsp3) is 0.389. The van der Waals surface area contributed by atoms with Crippen molar-refractivity contribution in [2.75, 3.05) is 12.3 Å². The van der Waals surface area contributed by atoms with E-state index in [1.807, 2.05) is 49.6 Å². The standard InChI is InChI=1S/C18H22ClN5O2/c1-18(2,3)23-17(25)26-9-8-24-13(10-19)22-14-15(24)11-6-4-5-7-12(11)21-16(14)20/h4-7H,8-10H2,1-3H3,(H2,20,21)(H,23,25). The molecule has 3 rings (SSSR count). The van der Waals surface area contributed by atoms with E-state index in [-0.39, 0.29) is 18.0 Å². The quantitative estimate of drug-likeness (QED) is 0.681. The summed E-state index contributed by atoms with van der Waals surface area (Å²) in [6.07, 6.45) is -0.458. The lowest BCUT2D eigenvalue weighted by molar-refractivity contribution is 0.134. The van der Waals surface area contributed by atoms with Gasteiger partial charge in [-0.05, 0) is 26.8 Å². The van der Waals surface area contributed by atoms with Crippen molar-refractivity contribution in [1.29, 1.82) is 0 Å². The topological polar surface area (TPSA) is 95.1 Å². The van der Waals surface area contributed by atoms with E-state index in [2.05, 4.69) is 15.3 Å². The number of imidazole rings is 1. The molecular formula is C18H22ClN5O2. The molecular weight excluding hydrogens is 354 g/mol. The van der Waals surface area contributed by atoms with Gasteiger partial charge in [0, 0.05) is 10.9 Å². The number of anilines is 1. The second-order valence-corrected chi connectivity index (χ2v) is 7.30. The van der Waals surface area contributed by atoms with Crippen LogP contribution in [-0.4, -0.2) is 32.8 Å². The number of fused-ring (bicyclic) bond motifs is 3. The van der Waals surface area contributed by atoms with Crippen molar-refractivity contribution in [1.82, 2.24) is 19.9 Å². The minimum absolute atomic E-state index is 0.188. The van der Waals surface area contributed by atoms with Gasteiger partial charge in [-0.2, -0.15) is 0 Å². The maximum absolute atomic E-state index is 11.9. The SMILES string of the molecule is CC(C)(C)NC(=O)OCCn1c(CCl)nc2c(N)nc3ccccc3c21. The number of nitrogens with zero attached hydrogens (tertiary/aromatic N) is 3. The van der Waals surface area contributed by atoms with Gasteiger partial charge in [-0.3, -0.25) is 0 Å². The van der Waals surface area contributed by atoms with Gasteiger partial charge < -0.3 is 20.4 Å². The van der Waals surface area contributed by atoms with E-state index in [0.29, 0.717) is 23.7 Å². The number of pyridine rings is 1. The number of halogens is 1. The third-order valence-corrected chi connectivity index (χ3v) is 4.07. The van der Waals surface area contributed by atoms with Crippen molar-refractivity contribution in [3.05, 3.63) is 30.1 Å². The molecule has 0 aliphatic heterocycles. The highest BCUT2D eigenvalue weighted by molar-refractivity contribution is 6.17. The number of hydrogen-bond donors (Lipinski definition) is 2. The lowest BCUT2D eigenvalue weighted by atomic mass is 10.1. The molecule has 0 aliphatic rings. The van der Waals surface area contributed by atoms with Gasteiger partial charge in [0.15, 0.2) is 5.82 Å². The zero-order valence-electron chi connectivity index (χ0n) is 15.0. The molecule has 0 saturated heterocycles. The van der Waals surface area contributed by atoms with Crippen LogP contribution in [0.3, 0.4) is 0 Å². The second kappa shape index (κ2) is 6.99. The molecule has 26 heavy (non-hydrogen) atoms. The number of hydrogen-bond acceptors (Lipinski definition) is 5. The summed E-state index contributed by atoms with van der Waals surface area (Å²) in [6.45, 7) is 6.29. The van der Waals surface area contributed by atoms with Crippen LogP contribution in [0.1, 0.15) is 26.6 Å². The molecule has 3 aromatic rings. The maximum Gasteiger partial charge on any atom is 0.407 e. The van der Waals surface area contributed by atoms with Gasteiger partial charge in [0.1, 0.15) is 17.9 Å². The number of nitrogens with one attached hydrogen (secondary N) is 1. The lowest BCUT2D eigenvalue weighted by Gasteiger charge is -2.20. The molecule has 0 radical (unpaired) electrons. The molecule has 2 heterocycles. The van der Waals surface area contributed by atoms with Crippen LogP contribution in [0.15, 0.2) is 24.3 Å². The molecule has 0 spiro atoms. The summed E-state index contributed by atoms with van der Waals surface area (Å²) < 4.78 is 7.23.